The Morgan fingerprint density at radius 3 is 2.35 bits per heavy atom. The minimum Gasteiger partial charge on any atom is -0.338 e. The van der Waals surface area contributed by atoms with Gasteiger partial charge >= 0.3 is 0 Å². The van der Waals surface area contributed by atoms with Gasteiger partial charge in [0.2, 0.25) is 5.91 Å². The molecule has 0 N–H and O–H groups in total. The molecule has 0 aliphatic carbocycles. The Morgan fingerprint density at radius 1 is 1.41 bits per heavy atom. The lowest BCUT2D eigenvalue weighted by atomic mass is 10.1. The van der Waals surface area contributed by atoms with Gasteiger partial charge in [0.25, 0.3) is 0 Å². The third-order valence-corrected chi connectivity index (χ3v) is 3.95. The second kappa shape index (κ2) is 6.17. The van der Waals surface area contributed by atoms with Crippen LogP contribution in [0.25, 0.3) is 0 Å². The molecule has 1 aromatic carbocycles. The number of carbonyl (C=O) groups excluding carboxylic acids is 1. The van der Waals surface area contributed by atoms with Gasteiger partial charge in [-0.05, 0) is 24.6 Å². The van der Waals surface area contributed by atoms with E-state index in [1.54, 1.807) is 18.2 Å². The van der Waals surface area contributed by atoms with E-state index >= 15 is 0 Å². The first-order chi connectivity index (χ1) is 7.97. The van der Waals surface area contributed by atoms with Crippen molar-refractivity contribution in [1.29, 1.82) is 0 Å². The second-order valence-electron chi connectivity index (χ2n) is 3.84. The summed E-state index contributed by atoms with van der Waals surface area (Å²) in [5.41, 5.74) is 1.00. The zero-order valence-electron chi connectivity index (χ0n) is 10.1. The van der Waals surface area contributed by atoms with Crippen LogP contribution < -0.4 is 0 Å². The van der Waals surface area contributed by atoms with E-state index in [9.17, 15) is 9.00 Å². The van der Waals surface area contributed by atoms with Crippen molar-refractivity contribution >= 4 is 28.3 Å². The first kappa shape index (κ1) is 14.2. The number of hydrogen-bond acceptors (Lipinski definition) is 2. The average molecular weight is 274 g/mol. The molecule has 3 nitrogen and oxygen atoms in total. The molecule has 2 unspecified atom stereocenters. The highest BCUT2D eigenvalue weighted by atomic mass is 35.5. The van der Waals surface area contributed by atoms with Crippen LogP contribution >= 0.6 is 11.6 Å². The molecule has 0 radical (unpaired) electrons. The fraction of sp³-hybridized carbons (Fsp3) is 0.417. The Kier molecular flexibility index (Phi) is 5.15. The number of amides is 1. The van der Waals surface area contributed by atoms with Crippen LogP contribution in [-0.4, -0.2) is 34.2 Å². The molecule has 17 heavy (non-hydrogen) atoms. The molecular formula is C12H16ClNO2S. The molecule has 0 aromatic heterocycles. The maximum atomic E-state index is 11.4. The molecule has 94 valence electrons. The molecule has 1 aromatic rings. The first-order valence-corrected chi connectivity index (χ1v) is 7.31. The summed E-state index contributed by atoms with van der Waals surface area (Å²) in [6, 6.07) is 7.38. The Morgan fingerprint density at radius 2 is 1.94 bits per heavy atom. The Hall–Kier alpha value is -0.870. The molecule has 0 heterocycles. The maximum Gasteiger partial charge on any atom is 0.237 e. The van der Waals surface area contributed by atoms with Gasteiger partial charge in [-0.15, -0.1) is 11.6 Å². The lowest BCUT2D eigenvalue weighted by Gasteiger charge is -2.24. The van der Waals surface area contributed by atoms with Crippen LogP contribution in [0.3, 0.4) is 0 Å². The van der Waals surface area contributed by atoms with Crippen molar-refractivity contribution in [3.8, 4) is 0 Å². The van der Waals surface area contributed by atoms with Crippen molar-refractivity contribution in [2.75, 3.05) is 19.2 Å². The van der Waals surface area contributed by atoms with Crippen molar-refractivity contribution < 1.29 is 9.00 Å². The van der Waals surface area contributed by atoms with E-state index in [2.05, 4.69) is 0 Å². The van der Waals surface area contributed by atoms with Crippen LogP contribution in [0.4, 0.5) is 0 Å². The molecule has 0 aliphatic rings. The molecule has 1 amide bonds. The topological polar surface area (TPSA) is 37.4 Å². The van der Waals surface area contributed by atoms with E-state index in [-0.39, 0.29) is 17.8 Å². The smallest absolute Gasteiger partial charge is 0.237 e. The van der Waals surface area contributed by atoms with Crippen LogP contribution in [0.2, 0.25) is 0 Å². The number of hydrogen-bond donors (Lipinski definition) is 0. The van der Waals surface area contributed by atoms with Crippen LogP contribution in [0.1, 0.15) is 18.5 Å². The summed E-state index contributed by atoms with van der Waals surface area (Å²) < 4.78 is 11.2. The minimum absolute atomic E-state index is 0.0160. The van der Waals surface area contributed by atoms with Crippen LogP contribution in [0.5, 0.6) is 0 Å². The van der Waals surface area contributed by atoms with Gasteiger partial charge in [0.05, 0.1) is 6.04 Å². The Labute approximate surface area is 109 Å². The van der Waals surface area contributed by atoms with Crippen molar-refractivity contribution in [2.45, 2.75) is 17.9 Å². The molecule has 1 rings (SSSR count). The zero-order chi connectivity index (χ0) is 13.0. The van der Waals surface area contributed by atoms with Crippen molar-refractivity contribution in [3.63, 3.8) is 0 Å². The van der Waals surface area contributed by atoms with Gasteiger partial charge in [-0.1, -0.05) is 12.1 Å². The quantitative estimate of drug-likeness (QED) is 0.789. The number of nitrogens with zero attached hydrogens (tertiary/aromatic N) is 1. The predicted molar refractivity (Wildman–Crippen MR) is 70.7 cm³/mol. The van der Waals surface area contributed by atoms with E-state index in [4.69, 9.17) is 11.6 Å². The number of alkyl halides is 1. The van der Waals surface area contributed by atoms with Gasteiger partial charge in [0, 0.05) is 29.0 Å². The average Bonchev–Trinajstić information content (AvgIpc) is 2.36. The van der Waals surface area contributed by atoms with Gasteiger partial charge < -0.3 is 4.90 Å². The summed E-state index contributed by atoms with van der Waals surface area (Å²) in [5.74, 6) is -0.125. The predicted octanol–water partition coefficient (Wildman–Crippen LogP) is 2.18. The maximum absolute atomic E-state index is 11.4. The molecule has 0 spiro atoms. The standard InChI is InChI=1S/C12H16ClNO2S/c1-9(14(2)12(15)8-13)10-4-6-11(7-5-10)17(3)16/h4-7,9H,8H2,1-3H3. The van der Waals surface area contributed by atoms with E-state index in [1.807, 2.05) is 31.2 Å². The summed E-state index contributed by atoms with van der Waals surface area (Å²) in [7, 11) is 0.750. The van der Waals surface area contributed by atoms with E-state index < -0.39 is 10.8 Å². The van der Waals surface area contributed by atoms with E-state index in [1.165, 1.54) is 0 Å². The third-order valence-electron chi connectivity index (χ3n) is 2.78. The van der Waals surface area contributed by atoms with Gasteiger partial charge in [-0.25, -0.2) is 0 Å². The summed E-state index contributed by atoms with van der Waals surface area (Å²) in [4.78, 5) is 13.8. The van der Waals surface area contributed by atoms with Gasteiger partial charge in [0.1, 0.15) is 5.88 Å². The number of carbonyl (C=O) groups is 1. The van der Waals surface area contributed by atoms with Crippen molar-refractivity contribution in [3.05, 3.63) is 29.8 Å². The van der Waals surface area contributed by atoms with Crippen LogP contribution in [0, 0.1) is 0 Å². The molecule has 0 saturated heterocycles. The summed E-state index contributed by atoms with van der Waals surface area (Å²) >= 11 is 5.51. The highest BCUT2D eigenvalue weighted by Gasteiger charge is 2.16. The van der Waals surface area contributed by atoms with Gasteiger partial charge in [-0.2, -0.15) is 0 Å². The van der Waals surface area contributed by atoms with E-state index in [0.717, 1.165) is 10.5 Å². The second-order valence-corrected chi connectivity index (χ2v) is 5.48. The molecule has 0 aliphatic heterocycles. The van der Waals surface area contributed by atoms with Gasteiger partial charge in [0.15, 0.2) is 0 Å². The van der Waals surface area contributed by atoms with E-state index in [0.29, 0.717) is 0 Å². The Balaban J connectivity index is 2.86. The molecule has 0 saturated carbocycles. The fourth-order valence-electron chi connectivity index (χ4n) is 1.47. The number of benzene rings is 1. The molecule has 2 atom stereocenters. The SMILES string of the molecule is CC(c1ccc(S(C)=O)cc1)N(C)C(=O)CCl. The van der Waals surface area contributed by atoms with Crippen molar-refractivity contribution in [2.24, 2.45) is 0 Å². The third kappa shape index (κ3) is 3.54. The lowest BCUT2D eigenvalue weighted by Crippen LogP contribution is -2.30. The summed E-state index contributed by atoms with van der Waals surface area (Å²) in [5, 5.41) is 0. The van der Waals surface area contributed by atoms with Crippen LogP contribution in [0.15, 0.2) is 29.2 Å². The lowest BCUT2D eigenvalue weighted by molar-refractivity contribution is -0.129. The molecule has 0 bridgehead atoms. The summed E-state index contributed by atoms with van der Waals surface area (Å²) in [6.45, 7) is 1.93. The Bertz CT molecular complexity index is 419. The minimum atomic E-state index is -0.973. The largest absolute Gasteiger partial charge is 0.338 e. The summed E-state index contributed by atoms with van der Waals surface area (Å²) in [6.07, 6.45) is 1.64. The highest BCUT2D eigenvalue weighted by Crippen LogP contribution is 2.20. The van der Waals surface area contributed by atoms with Gasteiger partial charge in [-0.3, -0.25) is 9.00 Å². The monoisotopic (exact) mass is 273 g/mol. The van der Waals surface area contributed by atoms with Crippen molar-refractivity contribution in [1.82, 2.24) is 4.90 Å². The molecule has 0 fully saturated rings. The number of rotatable bonds is 4. The first-order valence-electron chi connectivity index (χ1n) is 5.22. The van der Waals surface area contributed by atoms with Crippen LogP contribution in [-0.2, 0) is 15.6 Å². The molecular weight excluding hydrogens is 258 g/mol. The molecule has 5 heteroatoms. The normalized spacial score (nSPS) is 14.1. The fourth-order valence-corrected chi connectivity index (χ4v) is 2.18. The number of halogens is 1. The highest BCUT2D eigenvalue weighted by molar-refractivity contribution is 7.84. The zero-order valence-corrected chi connectivity index (χ0v) is 11.7.